The predicted octanol–water partition coefficient (Wildman–Crippen LogP) is 2.54. The predicted molar refractivity (Wildman–Crippen MR) is 106 cm³/mol. The van der Waals surface area contributed by atoms with Gasteiger partial charge in [0.25, 0.3) is 5.56 Å². The summed E-state index contributed by atoms with van der Waals surface area (Å²) < 4.78 is 3.14. The van der Waals surface area contributed by atoms with E-state index in [1.807, 2.05) is 18.2 Å². The molecule has 0 aliphatic rings. The molecule has 138 valence electrons. The summed E-state index contributed by atoms with van der Waals surface area (Å²) in [4.78, 5) is 30.1. The molecule has 0 atom stereocenters. The van der Waals surface area contributed by atoms with Crippen LogP contribution in [0, 0.1) is 11.3 Å². The van der Waals surface area contributed by atoms with E-state index in [1.165, 1.54) is 27.3 Å². The largest absolute Gasteiger partial charge is 0.324 e. The normalized spacial score (nSPS) is 10.7. The summed E-state index contributed by atoms with van der Waals surface area (Å²) in [7, 11) is 1.69. The molecule has 2 heterocycles. The second-order valence-electron chi connectivity index (χ2n) is 5.59. The number of thioether (sulfide) groups is 1. The Morgan fingerprint density at radius 2 is 2.19 bits per heavy atom. The summed E-state index contributed by atoms with van der Waals surface area (Å²) in [5.74, 6) is 0.296. The van der Waals surface area contributed by atoms with Crippen LogP contribution in [0.25, 0.3) is 11.0 Å². The Morgan fingerprint density at radius 1 is 1.41 bits per heavy atom. The van der Waals surface area contributed by atoms with Gasteiger partial charge in [-0.3, -0.25) is 14.2 Å². The van der Waals surface area contributed by atoms with Gasteiger partial charge in [0.05, 0.1) is 11.8 Å². The number of para-hydroxylation sites is 1. The first-order valence-electron chi connectivity index (χ1n) is 7.97. The minimum atomic E-state index is -0.341. The third kappa shape index (κ3) is 4.20. The zero-order chi connectivity index (χ0) is 19.4. The minimum absolute atomic E-state index is 0.166. The van der Waals surface area contributed by atoms with Crippen LogP contribution in [0.2, 0.25) is 0 Å². The summed E-state index contributed by atoms with van der Waals surface area (Å²) in [5.41, 5.74) is 0.754. The van der Waals surface area contributed by atoms with Crippen LogP contribution in [0.5, 0.6) is 0 Å². The fourth-order valence-corrected chi connectivity index (χ4v) is 3.94. The molecule has 1 amide bonds. The van der Waals surface area contributed by atoms with Gasteiger partial charge in [-0.15, -0.1) is 11.8 Å². The fourth-order valence-electron chi connectivity index (χ4n) is 2.50. The summed E-state index contributed by atoms with van der Waals surface area (Å²) in [6, 6.07) is 9.44. The van der Waals surface area contributed by atoms with Crippen LogP contribution in [0.4, 0.5) is 5.69 Å². The molecule has 0 saturated heterocycles. The number of nitrogens with one attached hydrogen (secondary N) is 1. The average Bonchev–Trinajstić information content (AvgIpc) is 2.93. The Hall–Kier alpha value is -2.64. The summed E-state index contributed by atoms with van der Waals surface area (Å²) in [6.45, 7) is -0.166. The lowest BCUT2D eigenvalue weighted by atomic mass is 10.3. The molecule has 1 N–H and O–H groups in total. The standard InChI is InChI=1S/C17H15BrN6O2S/c1-23-16-14(15(18)22-23)17(26)24(10-20-16)9-13(25)21-11-5-2-3-6-12(11)27-8-4-7-19/h2-3,5-6,10H,4,8-9H2,1H3,(H,21,25). The molecular weight excluding hydrogens is 432 g/mol. The molecule has 3 rings (SSSR count). The number of carbonyl (C=O) groups is 1. The van der Waals surface area contributed by atoms with Crippen LogP contribution in [-0.4, -0.2) is 31.0 Å². The highest BCUT2D eigenvalue weighted by atomic mass is 79.9. The van der Waals surface area contributed by atoms with Gasteiger partial charge in [-0.2, -0.15) is 10.4 Å². The van der Waals surface area contributed by atoms with E-state index in [9.17, 15) is 9.59 Å². The van der Waals surface area contributed by atoms with E-state index in [0.29, 0.717) is 33.5 Å². The van der Waals surface area contributed by atoms with Crippen molar-refractivity contribution in [2.45, 2.75) is 17.9 Å². The van der Waals surface area contributed by atoms with E-state index in [-0.39, 0.29) is 18.0 Å². The van der Waals surface area contributed by atoms with Gasteiger partial charge in [0.2, 0.25) is 5.91 Å². The van der Waals surface area contributed by atoms with Crippen molar-refractivity contribution in [2.75, 3.05) is 11.1 Å². The number of hydrogen-bond donors (Lipinski definition) is 1. The minimum Gasteiger partial charge on any atom is -0.324 e. The second kappa shape index (κ2) is 8.37. The lowest BCUT2D eigenvalue weighted by Gasteiger charge is -2.11. The molecule has 0 aliphatic heterocycles. The number of nitrogens with zero attached hydrogens (tertiary/aromatic N) is 5. The van der Waals surface area contributed by atoms with Gasteiger partial charge in [0.1, 0.15) is 22.9 Å². The summed E-state index contributed by atoms with van der Waals surface area (Å²) in [6.07, 6.45) is 1.76. The highest BCUT2D eigenvalue weighted by Crippen LogP contribution is 2.27. The first kappa shape index (κ1) is 19.1. The molecule has 0 fully saturated rings. The zero-order valence-corrected chi connectivity index (χ0v) is 16.7. The van der Waals surface area contributed by atoms with E-state index in [0.717, 1.165) is 4.90 Å². The third-order valence-corrected chi connectivity index (χ3v) is 5.35. The molecular formula is C17H15BrN6O2S. The van der Waals surface area contributed by atoms with Crippen molar-refractivity contribution in [3.05, 3.63) is 45.5 Å². The van der Waals surface area contributed by atoms with Crippen LogP contribution in [0.1, 0.15) is 6.42 Å². The number of aryl methyl sites for hydroxylation is 1. The van der Waals surface area contributed by atoms with Gasteiger partial charge < -0.3 is 5.32 Å². The highest BCUT2D eigenvalue weighted by Gasteiger charge is 2.15. The monoisotopic (exact) mass is 446 g/mol. The number of anilines is 1. The number of amides is 1. The van der Waals surface area contributed by atoms with Gasteiger partial charge in [-0.25, -0.2) is 9.67 Å². The Labute approximate surface area is 167 Å². The maximum atomic E-state index is 12.6. The van der Waals surface area contributed by atoms with Crippen LogP contribution in [0.15, 0.2) is 44.9 Å². The van der Waals surface area contributed by atoms with Crippen molar-refractivity contribution in [1.82, 2.24) is 19.3 Å². The Balaban J connectivity index is 1.78. The topological polar surface area (TPSA) is 106 Å². The first-order chi connectivity index (χ1) is 13.0. The number of rotatable bonds is 6. The Kier molecular flexibility index (Phi) is 5.93. The van der Waals surface area contributed by atoms with Crippen molar-refractivity contribution in [3.63, 3.8) is 0 Å². The van der Waals surface area contributed by atoms with Gasteiger partial charge >= 0.3 is 0 Å². The quantitative estimate of drug-likeness (QED) is 0.460. The number of halogens is 1. The van der Waals surface area contributed by atoms with Crippen LogP contribution < -0.4 is 10.9 Å². The molecule has 0 aliphatic carbocycles. The molecule has 10 heteroatoms. The summed E-state index contributed by atoms with van der Waals surface area (Å²) in [5, 5.41) is 15.9. The molecule has 0 radical (unpaired) electrons. The number of hydrogen-bond acceptors (Lipinski definition) is 6. The first-order valence-corrected chi connectivity index (χ1v) is 9.75. The van der Waals surface area contributed by atoms with Crippen LogP contribution >= 0.6 is 27.7 Å². The highest BCUT2D eigenvalue weighted by molar-refractivity contribution is 9.10. The maximum absolute atomic E-state index is 12.6. The molecule has 0 unspecified atom stereocenters. The number of nitriles is 1. The Morgan fingerprint density at radius 3 is 2.96 bits per heavy atom. The van der Waals surface area contributed by atoms with Crippen LogP contribution in [0.3, 0.4) is 0 Å². The van der Waals surface area contributed by atoms with E-state index in [1.54, 1.807) is 13.1 Å². The number of fused-ring (bicyclic) bond motifs is 1. The molecule has 3 aromatic rings. The lowest BCUT2D eigenvalue weighted by Crippen LogP contribution is -2.28. The van der Waals surface area contributed by atoms with Crippen molar-refractivity contribution in [3.8, 4) is 6.07 Å². The van der Waals surface area contributed by atoms with E-state index in [2.05, 4.69) is 37.4 Å². The molecule has 27 heavy (non-hydrogen) atoms. The third-order valence-electron chi connectivity index (χ3n) is 3.71. The van der Waals surface area contributed by atoms with Gasteiger partial charge in [-0.05, 0) is 28.1 Å². The van der Waals surface area contributed by atoms with Gasteiger partial charge in [0, 0.05) is 24.1 Å². The van der Waals surface area contributed by atoms with Crippen molar-refractivity contribution >= 4 is 50.3 Å². The smallest absolute Gasteiger partial charge is 0.266 e. The molecule has 0 saturated carbocycles. The number of aromatic nitrogens is 4. The second-order valence-corrected chi connectivity index (χ2v) is 7.48. The fraction of sp³-hybridized carbons (Fsp3) is 0.235. The van der Waals surface area contributed by atoms with E-state index >= 15 is 0 Å². The SMILES string of the molecule is Cn1nc(Br)c2c(=O)n(CC(=O)Nc3ccccc3SCCC#N)cnc21. The van der Waals surface area contributed by atoms with Crippen LogP contribution in [-0.2, 0) is 18.4 Å². The van der Waals surface area contributed by atoms with Crippen molar-refractivity contribution in [2.24, 2.45) is 7.05 Å². The number of carbonyl (C=O) groups excluding carboxylic acids is 1. The van der Waals surface area contributed by atoms with Crippen molar-refractivity contribution in [1.29, 1.82) is 5.26 Å². The number of benzene rings is 1. The van der Waals surface area contributed by atoms with E-state index in [4.69, 9.17) is 5.26 Å². The van der Waals surface area contributed by atoms with Crippen molar-refractivity contribution < 1.29 is 4.79 Å². The van der Waals surface area contributed by atoms with E-state index < -0.39 is 0 Å². The zero-order valence-electron chi connectivity index (χ0n) is 14.3. The molecule has 0 bridgehead atoms. The van der Waals surface area contributed by atoms with Gasteiger partial charge in [0.15, 0.2) is 5.65 Å². The maximum Gasteiger partial charge on any atom is 0.266 e. The Bertz CT molecular complexity index is 1100. The molecule has 8 nitrogen and oxygen atoms in total. The molecule has 1 aromatic carbocycles. The molecule has 2 aromatic heterocycles. The lowest BCUT2D eigenvalue weighted by molar-refractivity contribution is -0.116. The summed E-state index contributed by atoms with van der Waals surface area (Å²) >= 11 is 4.75. The molecule has 0 spiro atoms. The van der Waals surface area contributed by atoms with Gasteiger partial charge in [-0.1, -0.05) is 12.1 Å². The average molecular weight is 447 g/mol.